The Morgan fingerprint density at radius 3 is 2.04 bits per heavy atom. The first kappa shape index (κ1) is 18.7. The minimum Gasteiger partial charge on any atom is -0.493 e. The molecule has 0 saturated heterocycles. The smallest absolute Gasteiger partial charge is 0.161 e. The third-order valence-corrected chi connectivity index (χ3v) is 5.92. The molecule has 2 aromatic carbocycles. The maximum Gasteiger partial charge on any atom is 0.161 e. The Hall–Kier alpha value is -2.66. The molecule has 2 aliphatic heterocycles. The number of rotatable bonds is 4. The Bertz CT molecular complexity index is 921. The Morgan fingerprint density at radius 2 is 1.39 bits per heavy atom. The molecule has 28 heavy (non-hydrogen) atoms. The Labute approximate surface area is 166 Å². The Balaban J connectivity index is 1.77. The fourth-order valence-electron chi connectivity index (χ4n) is 4.45. The van der Waals surface area contributed by atoms with Crippen LogP contribution in [0, 0.1) is 0 Å². The summed E-state index contributed by atoms with van der Waals surface area (Å²) in [5, 5.41) is 0. The van der Waals surface area contributed by atoms with E-state index in [1.165, 1.54) is 16.7 Å². The standard InChI is InChI=1S/C23H27NO4/c1-14-8-19-18-12-23(28-5)20(25-2)9-15(18)6-7-24(19)13-16-10-21(26-3)22(27-4)11-17(14)16/h9-12,19H,1,6-8,13H2,2-5H3. The number of methoxy groups -OCH3 is 4. The van der Waals surface area contributed by atoms with E-state index < -0.39 is 0 Å². The molecule has 0 radical (unpaired) electrons. The highest BCUT2D eigenvalue weighted by Gasteiger charge is 2.33. The zero-order valence-electron chi connectivity index (χ0n) is 17.0. The summed E-state index contributed by atoms with van der Waals surface area (Å²) in [5.74, 6) is 3.07. The molecule has 0 fully saturated rings. The van der Waals surface area contributed by atoms with Crippen molar-refractivity contribution in [1.29, 1.82) is 0 Å². The van der Waals surface area contributed by atoms with Gasteiger partial charge in [0.05, 0.1) is 28.4 Å². The van der Waals surface area contributed by atoms with E-state index in [2.05, 4.69) is 35.7 Å². The quantitative estimate of drug-likeness (QED) is 0.792. The Morgan fingerprint density at radius 1 is 0.821 bits per heavy atom. The van der Waals surface area contributed by atoms with Gasteiger partial charge in [-0.1, -0.05) is 6.58 Å². The predicted molar refractivity (Wildman–Crippen MR) is 110 cm³/mol. The van der Waals surface area contributed by atoms with E-state index in [-0.39, 0.29) is 6.04 Å². The van der Waals surface area contributed by atoms with Crippen LogP contribution in [0.3, 0.4) is 0 Å². The molecule has 5 nitrogen and oxygen atoms in total. The molecule has 2 aliphatic rings. The second-order valence-electron chi connectivity index (χ2n) is 7.31. The van der Waals surface area contributed by atoms with Crippen LogP contribution in [0.4, 0.5) is 0 Å². The SMILES string of the molecule is C=C1CC2c3cc(OC)c(OC)cc3CCN2Cc2cc(OC)c(OC)cc21. The van der Waals surface area contributed by atoms with Gasteiger partial charge < -0.3 is 18.9 Å². The van der Waals surface area contributed by atoms with Gasteiger partial charge in [-0.2, -0.15) is 0 Å². The van der Waals surface area contributed by atoms with Gasteiger partial charge in [-0.25, -0.2) is 0 Å². The van der Waals surface area contributed by atoms with Crippen LogP contribution in [0.15, 0.2) is 30.8 Å². The molecule has 0 N–H and O–H groups in total. The lowest BCUT2D eigenvalue weighted by Gasteiger charge is -2.36. The van der Waals surface area contributed by atoms with E-state index in [4.69, 9.17) is 18.9 Å². The van der Waals surface area contributed by atoms with Crippen LogP contribution >= 0.6 is 0 Å². The van der Waals surface area contributed by atoms with Crippen LogP contribution in [0.25, 0.3) is 5.57 Å². The zero-order chi connectivity index (χ0) is 19.8. The van der Waals surface area contributed by atoms with Crippen molar-refractivity contribution in [2.75, 3.05) is 35.0 Å². The number of fused-ring (bicyclic) bond motifs is 4. The number of hydrogen-bond acceptors (Lipinski definition) is 5. The van der Waals surface area contributed by atoms with Crippen molar-refractivity contribution in [3.63, 3.8) is 0 Å². The first-order chi connectivity index (χ1) is 13.6. The lowest BCUT2D eigenvalue weighted by molar-refractivity contribution is 0.181. The molecule has 5 heteroatoms. The molecular weight excluding hydrogens is 354 g/mol. The summed E-state index contributed by atoms with van der Waals surface area (Å²) >= 11 is 0. The highest BCUT2D eigenvalue weighted by atomic mass is 16.5. The van der Waals surface area contributed by atoms with Crippen molar-refractivity contribution in [1.82, 2.24) is 4.90 Å². The fourth-order valence-corrected chi connectivity index (χ4v) is 4.45. The highest BCUT2D eigenvalue weighted by Crippen LogP contribution is 2.46. The van der Waals surface area contributed by atoms with Crippen molar-refractivity contribution in [2.24, 2.45) is 0 Å². The van der Waals surface area contributed by atoms with Gasteiger partial charge in [-0.05, 0) is 64.9 Å². The van der Waals surface area contributed by atoms with Gasteiger partial charge in [0.1, 0.15) is 0 Å². The topological polar surface area (TPSA) is 40.2 Å². The van der Waals surface area contributed by atoms with E-state index in [1.54, 1.807) is 28.4 Å². The summed E-state index contributed by atoms with van der Waals surface area (Å²) in [6.45, 7) is 6.26. The highest BCUT2D eigenvalue weighted by molar-refractivity contribution is 5.71. The molecule has 2 heterocycles. The first-order valence-corrected chi connectivity index (χ1v) is 9.51. The largest absolute Gasteiger partial charge is 0.493 e. The molecule has 0 aliphatic carbocycles. The monoisotopic (exact) mass is 381 g/mol. The average molecular weight is 381 g/mol. The number of ether oxygens (including phenoxy) is 4. The lowest BCUT2D eigenvalue weighted by atomic mass is 9.88. The van der Waals surface area contributed by atoms with Gasteiger partial charge in [0, 0.05) is 19.1 Å². The normalized spacial score (nSPS) is 18.4. The van der Waals surface area contributed by atoms with Crippen molar-refractivity contribution >= 4 is 5.57 Å². The molecular formula is C23H27NO4. The maximum atomic E-state index is 5.56. The molecule has 0 spiro atoms. The summed E-state index contributed by atoms with van der Waals surface area (Å²) in [6, 6.07) is 8.67. The zero-order valence-corrected chi connectivity index (χ0v) is 17.0. The number of benzene rings is 2. The van der Waals surface area contributed by atoms with Crippen LogP contribution in [0.2, 0.25) is 0 Å². The fraction of sp³-hybridized carbons (Fsp3) is 0.391. The average Bonchev–Trinajstić information content (AvgIpc) is 2.87. The Kier molecular flexibility index (Phi) is 4.94. The molecule has 1 atom stereocenters. The van der Waals surface area contributed by atoms with Crippen molar-refractivity contribution in [3.8, 4) is 23.0 Å². The predicted octanol–water partition coefficient (Wildman–Crippen LogP) is 4.24. The van der Waals surface area contributed by atoms with Crippen molar-refractivity contribution in [3.05, 3.63) is 53.1 Å². The van der Waals surface area contributed by atoms with E-state index in [1.807, 2.05) is 0 Å². The van der Waals surface area contributed by atoms with E-state index in [0.717, 1.165) is 60.1 Å². The third-order valence-electron chi connectivity index (χ3n) is 5.92. The van der Waals surface area contributed by atoms with Gasteiger partial charge in [-0.15, -0.1) is 0 Å². The molecule has 148 valence electrons. The molecule has 4 rings (SSSR count). The van der Waals surface area contributed by atoms with Crippen molar-refractivity contribution in [2.45, 2.75) is 25.4 Å². The van der Waals surface area contributed by atoms with Gasteiger partial charge in [0.15, 0.2) is 23.0 Å². The third kappa shape index (κ3) is 3.00. The minimum atomic E-state index is 0.264. The van der Waals surface area contributed by atoms with E-state index >= 15 is 0 Å². The second kappa shape index (κ2) is 7.40. The molecule has 1 unspecified atom stereocenters. The van der Waals surface area contributed by atoms with E-state index in [9.17, 15) is 0 Å². The summed E-state index contributed by atoms with van der Waals surface area (Å²) in [7, 11) is 6.72. The second-order valence-corrected chi connectivity index (χ2v) is 7.31. The summed E-state index contributed by atoms with van der Waals surface area (Å²) in [4.78, 5) is 2.52. The van der Waals surface area contributed by atoms with Gasteiger partial charge >= 0.3 is 0 Å². The first-order valence-electron chi connectivity index (χ1n) is 9.51. The summed E-state index contributed by atoms with van der Waals surface area (Å²) in [6.07, 6.45) is 1.85. The van der Waals surface area contributed by atoms with Crippen LogP contribution in [-0.4, -0.2) is 39.9 Å². The van der Waals surface area contributed by atoms with Crippen LogP contribution in [0.1, 0.15) is 34.7 Å². The van der Waals surface area contributed by atoms with Gasteiger partial charge in [-0.3, -0.25) is 4.90 Å². The summed E-state index contributed by atoms with van der Waals surface area (Å²) in [5.41, 5.74) is 6.14. The van der Waals surface area contributed by atoms with Gasteiger partial charge in [0.25, 0.3) is 0 Å². The van der Waals surface area contributed by atoms with Crippen LogP contribution in [-0.2, 0) is 13.0 Å². The molecule has 0 bridgehead atoms. The van der Waals surface area contributed by atoms with Crippen LogP contribution < -0.4 is 18.9 Å². The molecule has 0 amide bonds. The van der Waals surface area contributed by atoms with Gasteiger partial charge in [0.2, 0.25) is 0 Å². The maximum absolute atomic E-state index is 5.56. The number of hydrogen-bond donors (Lipinski definition) is 0. The van der Waals surface area contributed by atoms with Crippen LogP contribution in [0.5, 0.6) is 23.0 Å². The number of nitrogens with zero attached hydrogens (tertiary/aromatic N) is 1. The summed E-state index contributed by atoms with van der Waals surface area (Å²) < 4.78 is 22.1. The molecule has 0 aromatic heterocycles. The van der Waals surface area contributed by atoms with Crippen molar-refractivity contribution < 1.29 is 18.9 Å². The minimum absolute atomic E-state index is 0.264. The molecule has 0 saturated carbocycles. The lowest BCUT2D eigenvalue weighted by Crippen LogP contribution is -2.34. The van der Waals surface area contributed by atoms with E-state index in [0.29, 0.717) is 0 Å². The molecule has 2 aromatic rings.